The minimum Gasteiger partial charge on any atom is -0.488 e. The van der Waals surface area contributed by atoms with Crippen LogP contribution < -0.4 is 4.74 Å². The van der Waals surface area contributed by atoms with Gasteiger partial charge in [-0.05, 0) is 41.0 Å². The molecule has 0 N–H and O–H groups in total. The number of fused-ring (bicyclic) bond motifs is 2. The number of thioether (sulfide) groups is 1. The molecule has 1 aliphatic rings. The minimum absolute atomic E-state index is 0.369. The molecule has 3 aromatic rings. The first kappa shape index (κ1) is 18.3. The number of carbonyl (C=O) groups excluding carboxylic acids is 1. The van der Waals surface area contributed by atoms with Gasteiger partial charge in [0, 0.05) is 23.7 Å². The van der Waals surface area contributed by atoms with Crippen LogP contribution in [-0.2, 0) is 11.3 Å². The van der Waals surface area contributed by atoms with Gasteiger partial charge in [-0.25, -0.2) is 14.8 Å². The molecule has 0 spiro atoms. The first-order valence-corrected chi connectivity index (χ1v) is 9.78. The van der Waals surface area contributed by atoms with E-state index in [2.05, 4.69) is 28.2 Å². The SMILES string of the molecule is COC(=O)c1ccc2c(c1)C(=CCSc1ncccn1)c1ccccc1CO2. The number of aromatic nitrogens is 2. The molecule has 28 heavy (non-hydrogen) atoms. The number of carbonyl (C=O) groups is 1. The Labute approximate surface area is 167 Å². The van der Waals surface area contributed by atoms with Crippen LogP contribution in [0.1, 0.15) is 27.0 Å². The summed E-state index contributed by atoms with van der Waals surface area (Å²) in [6, 6.07) is 15.3. The van der Waals surface area contributed by atoms with Crippen LogP contribution in [0.15, 0.2) is 72.2 Å². The van der Waals surface area contributed by atoms with Crippen LogP contribution in [0.3, 0.4) is 0 Å². The number of hydrogen-bond donors (Lipinski definition) is 0. The molecule has 0 fully saturated rings. The molecule has 0 saturated carbocycles. The summed E-state index contributed by atoms with van der Waals surface area (Å²) in [7, 11) is 1.38. The Kier molecular flexibility index (Phi) is 5.39. The highest BCUT2D eigenvalue weighted by Gasteiger charge is 2.20. The molecule has 140 valence electrons. The monoisotopic (exact) mass is 390 g/mol. The van der Waals surface area contributed by atoms with E-state index in [-0.39, 0.29) is 5.97 Å². The molecule has 5 nitrogen and oxygen atoms in total. The summed E-state index contributed by atoms with van der Waals surface area (Å²) in [6.45, 7) is 0.479. The quantitative estimate of drug-likeness (QED) is 0.374. The standard InChI is InChI=1S/C22H18N2O3S/c1-26-21(25)15-7-8-20-19(13-15)18(9-12-28-22-23-10-4-11-24-22)17-6-3-2-5-16(17)14-27-20/h2-11,13H,12,14H2,1H3. The van der Waals surface area contributed by atoms with Crippen LogP contribution in [0, 0.1) is 0 Å². The van der Waals surface area contributed by atoms with Gasteiger partial charge in [-0.15, -0.1) is 0 Å². The topological polar surface area (TPSA) is 61.3 Å². The third-order valence-electron chi connectivity index (χ3n) is 4.42. The Hall–Kier alpha value is -3.12. The molecule has 0 unspecified atom stereocenters. The minimum atomic E-state index is -0.369. The van der Waals surface area contributed by atoms with Crippen molar-refractivity contribution in [3.05, 3.63) is 89.3 Å². The van der Waals surface area contributed by atoms with Gasteiger partial charge in [0.15, 0.2) is 5.16 Å². The van der Waals surface area contributed by atoms with Gasteiger partial charge in [-0.3, -0.25) is 0 Å². The third-order valence-corrected chi connectivity index (χ3v) is 5.23. The number of rotatable bonds is 4. The molecule has 6 heteroatoms. The van der Waals surface area contributed by atoms with Crippen LogP contribution in [0.4, 0.5) is 0 Å². The van der Waals surface area contributed by atoms with Gasteiger partial charge in [0.05, 0.1) is 12.7 Å². The second-order valence-corrected chi connectivity index (χ2v) is 7.10. The summed E-state index contributed by atoms with van der Waals surface area (Å²) in [5.74, 6) is 1.07. The van der Waals surface area contributed by atoms with E-state index >= 15 is 0 Å². The van der Waals surface area contributed by atoms with Crippen molar-refractivity contribution in [2.24, 2.45) is 0 Å². The highest BCUT2D eigenvalue weighted by Crippen LogP contribution is 2.37. The van der Waals surface area contributed by atoms with Crippen molar-refractivity contribution in [1.82, 2.24) is 9.97 Å². The largest absolute Gasteiger partial charge is 0.488 e. The summed E-state index contributed by atoms with van der Waals surface area (Å²) in [6.07, 6.45) is 5.60. The van der Waals surface area contributed by atoms with E-state index < -0.39 is 0 Å². The van der Waals surface area contributed by atoms with Crippen molar-refractivity contribution in [2.75, 3.05) is 12.9 Å². The lowest BCUT2D eigenvalue weighted by Crippen LogP contribution is -2.02. The zero-order valence-corrected chi connectivity index (χ0v) is 16.1. The van der Waals surface area contributed by atoms with Crippen LogP contribution >= 0.6 is 11.8 Å². The predicted molar refractivity (Wildman–Crippen MR) is 108 cm³/mol. The van der Waals surface area contributed by atoms with Crippen molar-refractivity contribution in [2.45, 2.75) is 11.8 Å². The highest BCUT2D eigenvalue weighted by molar-refractivity contribution is 7.99. The van der Waals surface area contributed by atoms with Gasteiger partial charge in [0.25, 0.3) is 0 Å². The van der Waals surface area contributed by atoms with Crippen LogP contribution in [0.25, 0.3) is 5.57 Å². The fourth-order valence-corrected chi connectivity index (χ4v) is 3.77. The average molecular weight is 390 g/mol. The van der Waals surface area contributed by atoms with Gasteiger partial charge in [-0.2, -0.15) is 0 Å². The summed E-state index contributed by atoms with van der Waals surface area (Å²) in [4.78, 5) is 20.5. The Morgan fingerprint density at radius 3 is 2.79 bits per heavy atom. The Morgan fingerprint density at radius 2 is 1.96 bits per heavy atom. The lowest BCUT2D eigenvalue weighted by molar-refractivity contribution is 0.0600. The maximum absolute atomic E-state index is 12.0. The lowest BCUT2D eigenvalue weighted by Gasteiger charge is -2.12. The molecule has 2 aromatic carbocycles. The Bertz CT molecular complexity index is 1030. The molecule has 2 heterocycles. The third kappa shape index (κ3) is 3.77. The average Bonchev–Trinajstić information content (AvgIpc) is 2.91. The van der Waals surface area contributed by atoms with Gasteiger partial charge >= 0.3 is 5.97 Å². The number of nitrogens with zero attached hydrogens (tertiary/aromatic N) is 2. The first-order chi connectivity index (χ1) is 13.8. The van der Waals surface area contributed by atoms with Gasteiger partial charge in [-0.1, -0.05) is 42.1 Å². The molecular formula is C22H18N2O3S. The zero-order chi connectivity index (χ0) is 19.3. The number of benzene rings is 2. The van der Waals surface area contributed by atoms with Crippen LogP contribution in [0.2, 0.25) is 0 Å². The normalized spacial score (nSPS) is 13.8. The maximum Gasteiger partial charge on any atom is 0.337 e. The van der Waals surface area contributed by atoms with E-state index in [0.717, 1.165) is 33.2 Å². The molecule has 0 amide bonds. The lowest BCUT2D eigenvalue weighted by atomic mass is 9.93. The molecule has 0 atom stereocenters. The van der Waals surface area contributed by atoms with E-state index in [0.29, 0.717) is 17.9 Å². The van der Waals surface area contributed by atoms with Crippen LogP contribution in [0.5, 0.6) is 5.75 Å². The second kappa shape index (κ2) is 8.27. The van der Waals surface area contributed by atoms with E-state index in [1.165, 1.54) is 7.11 Å². The number of esters is 1. The molecule has 0 bridgehead atoms. The van der Waals surface area contributed by atoms with Crippen LogP contribution in [-0.4, -0.2) is 28.8 Å². The molecule has 0 aliphatic carbocycles. The van der Waals surface area contributed by atoms with Gasteiger partial charge < -0.3 is 9.47 Å². The number of methoxy groups -OCH3 is 1. The fourth-order valence-electron chi connectivity index (χ4n) is 3.10. The second-order valence-electron chi connectivity index (χ2n) is 6.11. The molecule has 1 aliphatic heterocycles. The van der Waals surface area contributed by atoms with Crippen molar-refractivity contribution >= 4 is 23.3 Å². The summed E-state index contributed by atoms with van der Waals surface area (Å²) in [5.41, 5.74) is 4.59. The maximum atomic E-state index is 12.0. The Morgan fingerprint density at radius 1 is 1.14 bits per heavy atom. The smallest absolute Gasteiger partial charge is 0.337 e. The van der Waals surface area contributed by atoms with Crippen molar-refractivity contribution in [3.63, 3.8) is 0 Å². The predicted octanol–water partition coefficient (Wildman–Crippen LogP) is 4.38. The van der Waals surface area contributed by atoms with Gasteiger partial charge in [0.1, 0.15) is 12.4 Å². The first-order valence-electron chi connectivity index (χ1n) is 8.80. The zero-order valence-electron chi connectivity index (χ0n) is 15.3. The molecule has 0 radical (unpaired) electrons. The van der Waals surface area contributed by atoms with Gasteiger partial charge in [0.2, 0.25) is 0 Å². The summed E-state index contributed by atoms with van der Waals surface area (Å²) >= 11 is 1.55. The molecule has 0 saturated heterocycles. The molecule has 1 aromatic heterocycles. The van der Waals surface area contributed by atoms with E-state index in [9.17, 15) is 4.79 Å². The summed E-state index contributed by atoms with van der Waals surface area (Å²) in [5, 5.41) is 0.723. The van der Waals surface area contributed by atoms with Crippen molar-refractivity contribution < 1.29 is 14.3 Å². The van der Waals surface area contributed by atoms with E-state index in [4.69, 9.17) is 9.47 Å². The molecule has 4 rings (SSSR count). The number of ether oxygens (including phenoxy) is 2. The highest BCUT2D eigenvalue weighted by atomic mass is 32.2. The number of hydrogen-bond acceptors (Lipinski definition) is 6. The van der Waals surface area contributed by atoms with E-state index in [1.807, 2.05) is 24.3 Å². The summed E-state index contributed by atoms with van der Waals surface area (Å²) < 4.78 is 10.9. The van der Waals surface area contributed by atoms with E-state index in [1.54, 1.807) is 36.3 Å². The molecular weight excluding hydrogens is 372 g/mol. The fraction of sp³-hybridized carbons (Fsp3) is 0.136. The van der Waals surface area contributed by atoms with Crippen molar-refractivity contribution in [3.8, 4) is 5.75 Å². The Balaban J connectivity index is 1.76. The van der Waals surface area contributed by atoms with Crippen molar-refractivity contribution in [1.29, 1.82) is 0 Å².